The number of imide groups is 1. The Labute approximate surface area is 321 Å². The summed E-state index contributed by atoms with van der Waals surface area (Å²) in [6.45, 7) is 7.14. The molecule has 0 fully saturated rings. The van der Waals surface area contributed by atoms with Crippen LogP contribution in [0.25, 0.3) is 54.9 Å². The van der Waals surface area contributed by atoms with E-state index in [1.165, 1.54) is 100 Å². The lowest BCUT2D eigenvalue weighted by atomic mass is 9.70. The van der Waals surface area contributed by atoms with Gasteiger partial charge < -0.3 is 0 Å². The Morgan fingerprint density at radius 3 is 1.70 bits per heavy atom. The second-order valence-corrected chi connectivity index (χ2v) is 15.8. The first-order valence-corrected chi connectivity index (χ1v) is 20.7. The van der Waals surface area contributed by atoms with Crippen molar-refractivity contribution in [3.63, 3.8) is 0 Å². The second-order valence-electron chi connectivity index (χ2n) is 15.8. The Morgan fingerprint density at radius 2 is 1.02 bits per heavy atom. The number of amides is 2. The van der Waals surface area contributed by atoms with E-state index in [-0.39, 0.29) is 17.2 Å². The standard InChI is InChI=1S/C51H53NO2/c1-4-7-10-14-29-51(30-15-11-8-5-2)46-33-38(37-22-21-35-17-12-13-18-36(35)32-37)23-25-41(46)42-26-24-39(34-47(42)51)40-27-28-45-48-43(40)19-16-20-44(48)49(53)52(50(45)54)31-9-6-3/h12-13,16-28,32-34H,4-11,14-15,29-31H2,1-3H3. The van der Waals surface area contributed by atoms with Crippen molar-refractivity contribution in [3.05, 3.63) is 131 Å². The molecule has 2 aliphatic rings. The molecular formula is C51H53NO2. The maximum atomic E-state index is 13.7. The zero-order valence-electron chi connectivity index (χ0n) is 32.3. The number of nitrogens with zero attached hydrogens (tertiary/aromatic N) is 1. The number of benzene rings is 6. The van der Waals surface area contributed by atoms with Crippen molar-refractivity contribution < 1.29 is 9.59 Å². The SMILES string of the molecule is CCCCCCC1(CCCCCC)c2cc(-c3ccc4ccccc4c3)ccc2-c2ccc(-c3ccc4c5c(cccc35)C(=O)N(CCCC)C4=O)cc21. The number of rotatable bonds is 15. The summed E-state index contributed by atoms with van der Waals surface area (Å²) in [6.07, 6.45) is 13.8. The van der Waals surface area contributed by atoms with Gasteiger partial charge in [-0.05, 0) is 110 Å². The highest BCUT2D eigenvalue weighted by molar-refractivity contribution is 6.27. The molecule has 3 nitrogen and oxygen atoms in total. The highest BCUT2D eigenvalue weighted by atomic mass is 16.2. The molecule has 2 amide bonds. The van der Waals surface area contributed by atoms with Gasteiger partial charge in [0.05, 0.1) is 0 Å². The van der Waals surface area contributed by atoms with Crippen molar-refractivity contribution in [2.24, 2.45) is 0 Å². The summed E-state index contributed by atoms with van der Waals surface area (Å²) in [5.74, 6) is -0.345. The summed E-state index contributed by atoms with van der Waals surface area (Å²) in [6, 6.07) is 40.0. The van der Waals surface area contributed by atoms with Gasteiger partial charge in [0.25, 0.3) is 11.8 Å². The third-order valence-electron chi connectivity index (χ3n) is 12.4. The lowest BCUT2D eigenvalue weighted by molar-refractivity contribution is 0.0608. The zero-order valence-corrected chi connectivity index (χ0v) is 32.3. The number of hydrogen-bond donors (Lipinski definition) is 0. The molecule has 1 heterocycles. The van der Waals surface area contributed by atoms with Crippen LogP contribution in [-0.4, -0.2) is 23.3 Å². The molecule has 1 aliphatic carbocycles. The fourth-order valence-corrected chi connectivity index (χ4v) is 9.50. The van der Waals surface area contributed by atoms with Gasteiger partial charge in [-0.25, -0.2) is 0 Å². The summed E-state index contributed by atoms with van der Waals surface area (Å²) in [4.78, 5) is 28.9. The number of unbranched alkanes of at least 4 members (excludes halogenated alkanes) is 7. The molecule has 0 atom stereocenters. The van der Waals surface area contributed by atoms with Gasteiger partial charge in [-0.3, -0.25) is 14.5 Å². The lowest BCUT2D eigenvalue weighted by Gasteiger charge is -2.33. The monoisotopic (exact) mass is 711 g/mol. The van der Waals surface area contributed by atoms with E-state index in [4.69, 9.17) is 0 Å². The van der Waals surface area contributed by atoms with Crippen LogP contribution < -0.4 is 0 Å². The fourth-order valence-electron chi connectivity index (χ4n) is 9.50. The topological polar surface area (TPSA) is 37.4 Å². The van der Waals surface area contributed by atoms with Gasteiger partial charge in [-0.15, -0.1) is 0 Å². The smallest absolute Gasteiger partial charge is 0.261 e. The van der Waals surface area contributed by atoms with Crippen LogP contribution in [0.5, 0.6) is 0 Å². The van der Waals surface area contributed by atoms with Crippen LogP contribution in [0, 0.1) is 0 Å². The van der Waals surface area contributed by atoms with Crippen LogP contribution in [-0.2, 0) is 5.41 Å². The minimum atomic E-state index is -0.173. The minimum Gasteiger partial charge on any atom is -0.274 e. The van der Waals surface area contributed by atoms with Crippen LogP contribution in [0.4, 0.5) is 0 Å². The quantitative estimate of drug-likeness (QED) is 0.0785. The summed E-state index contributed by atoms with van der Waals surface area (Å²) in [5.41, 5.74) is 11.6. The number of hydrogen-bond acceptors (Lipinski definition) is 2. The summed E-state index contributed by atoms with van der Waals surface area (Å²) >= 11 is 0. The number of carbonyl (C=O) groups excluding carboxylic acids is 2. The molecule has 0 saturated heterocycles. The van der Waals surface area contributed by atoms with Crippen LogP contribution in [0.15, 0.2) is 109 Å². The molecule has 0 radical (unpaired) electrons. The zero-order chi connectivity index (χ0) is 37.2. The largest absolute Gasteiger partial charge is 0.274 e. The van der Waals surface area contributed by atoms with Crippen LogP contribution in [0.2, 0.25) is 0 Å². The molecule has 0 unspecified atom stereocenters. The van der Waals surface area contributed by atoms with Gasteiger partial charge in [0, 0.05) is 28.5 Å². The Balaban J connectivity index is 1.27. The van der Waals surface area contributed by atoms with Gasteiger partial charge in [0.15, 0.2) is 0 Å². The Kier molecular flexibility index (Phi) is 10.2. The Hall–Kier alpha value is -5.02. The normalized spacial score (nSPS) is 14.2. The molecule has 1 aliphatic heterocycles. The average Bonchev–Trinajstić information content (AvgIpc) is 3.47. The van der Waals surface area contributed by atoms with Crippen molar-refractivity contribution in [1.82, 2.24) is 4.90 Å². The lowest BCUT2D eigenvalue weighted by Crippen LogP contribution is -2.40. The summed E-state index contributed by atoms with van der Waals surface area (Å²) in [7, 11) is 0. The molecule has 0 bridgehead atoms. The summed E-state index contributed by atoms with van der Waals surface area (Å²) in [5, 5.41) is 4.32. The minimum absolute atomic E-state index is 0.0902. The molecule has 0 spiro atoms. The second kappa shape index (κ2) is 15.4. The van der Waals surface area contributed by atoms with E-state index < -0.39 is 0 Å². The van der Waals surface area contributed by atoms with E-state index in [1.54, 1.807) is 0 Å². The molecule has 8 rings (SSSR count). The maximum Gasteiger partial charge on any atom is 0.261 e. The van der Waals surface area contributed by atoms with Crippen molar-refractivity contribution in [2.75, 3.05) is 6.54 Å². The van der Waals surface area contributed by atoms with Crippen LogP contribution >= 0.6 is 0 Å². The average molecular weight is 712 g/mol. The number of fused-ring (bicyclic) bond motifs is 4. The third-order valence-corrected chi connectivity index (χ3v) is 12.4. The molecule has 0 aromatic heterocycles. The van der Waals surface area contributed by atoms with E-state index >= 15 is 0 Å². The third kappa shape index (κ3) is 6.26. The number of carbonyl (C=O) groups is 2. The Bertz CT molecular complexity index is 2330. The van der Waals surface area contributed by atoms with E-state index in [0.29, 0.717) is 17.7 Å². The first-order valence-electron chi connectivity index (χ1n) is 20.7. The molecule has 3 heteroatoms. The fraction of sp³-hybridized carbons (Fsp3) is 0.333. The maximum absolute atomic E-state index is 13.7. The molecule has 274 valence electrons. The molecule has 0 saturated carbocycles. The van der Waals surface area contributed by atoms with Gasteiger partial charge in [-0.2, -0.15) is 0 Å². The molecule has 6 aromatic rings. The van der Waals surface area contributed by atoms with Crippen LogP contribution in [0.1, 0.15) is 130 Å². The van der Waals surface area contributed by atoms with Gasteiger partial charge >= 0.3 is 0 Å². The molecule has 54 heavy (non-hydrogen) atoms. The first-order chi connectivity index (χ1) is 26.5. The molecular weight excluding hydrogens is 659 g/mol. The Morgan fingerprint density at radius 1 is 0.463 bits per heavy atom. The van der Waals surface area contributed by atoms with Crippen molar-refractivity contribution in [1.29, 1.82) is 0 Å². The highest BCUT2D eigenvalue weighted by Gasteiger charge is 2.43. The van der Waals surface area contributed by atoms with E-state index in [0.717, 1.165) is 47.6 Å². The van der Waals surface area contributed by atoms with Crippen molar-refractivity contribution >= 4 is 33.4 Å². The van der Waals surface area contributed by atoms with E-state index in [2.05, 4.69) is 112 Å². The van der Waals surface area contributed by atoms with Crippen molar-refractivity contribution in [2.45, 2.75) is 103 Å². The van der Waals surface area contributed by atoms with Gasteiger partial charge in [-0.1, -0.05) is 157 Å². The molecule has 0 N–H and O–H groups in total. The molecule has 6 aromatic carbocycles. The summed E-state index contributed by atoms with van der Waals surface area (Å²) < 4.78 is 0. The highest BCUT2D eigenvalue weighted by Crippen LogP contribution is 2.56. The first kappa shape index (κ1) is 36.0. The predicted molar refractivity (Wildman–Crippen MR) is 226 cm³/mol. The van der Waals surface area contributed by atoms with E-state index in [9.17, 15) is 9.59 Å². The van der Waals surface area contributed by atoms with Gasteiger partial charge in [0.2, 0.25) is 0 Å². The van der Waals surface area contributed by atoms with Gasteiger partial charge in [0.1, 0.15) is 0 Å². The predicted octanol–water partition coefficient (Wildman–Crippen LogP) is 13.9. The van der Waals surface area contributed by atoms with Crippen LogP contribution in [0.3, 0.4) is 0 Å². The van der Waals surface area contributed by atoms with E-state index in [1.807, 2.05) is 18.2 Å². The van der Waals surface area contributed by atoms with Crippen molar-refractivity contribution in [3.8, 4) is 33.4 Å².